The number of ether oxygens (including phenoxy) is 2. The molecule has 1 aromatic rings. The summed E-state index contributed by atoms with van der Waals surface area (Å²) >= 11 is 0. The van der Waals surface area contributed by atoms with E-state index in [0.717, 1.165) is 5.56 Å². The summed E-state index contributed by atoms with van der Waals surface area (Å²) in [5.41, 5.74) is 0.816. The van der Waals surface area contributed by atoms with Crippen LogP contribution in [-0.4, -0.2) is 30.0 Å². The van der Waals surface area contributed by atoms with Crippen LogP contribution in [0.3, 0.4) is 0 Å². The lowest BCUT2D eigenvalue weighted by atomic mass is 10.2. The maximum absolute atomic E-state index is 11.3. The Morgan fingerprint density at radius 2 is 2.00 bits per heavy atom. The number of amides is 1. The van der Waals surface area contributed by atoms with E-state index in [-0.39, 0.29) is 13.2 Å². The van der Waals surface area contributed by atoms with Crippen LogP contribution in [0.15, 0.2) is 30.3 Å². The van der Waals surface area contributed by atoms with Crippen LogP contribution in [0, 0.1) is 0 Å². The van der Waals surface area contributed by atoms with Crippen LogP contribution in [0.4, 0.5) is 4.79 Å². The number of rotatable bonds is 6. The van der Waals surface area contributed by atoms with Crippen molar-refractivity contribution in [3.8, 4) is 0 Å². The second kappa shape index (κ2) is 7.29. The van der Waals surface area contributed by atoms with Crippen molar-refractivity contribution in [1.82, 2.24) is 5.32 Å². The summed E-state index contributed by atoms with van der Waals surface area (Å²) < 4.78 is 9.68. The van der Waals surface area contributed by atoms with Gasteiger partial charge in [-0.1, -0.05) is 30.3 Å². The van der Waals surface area contributed by atoms with Gasteiger partial charge in [0.2, 0.25) is 6.23 Å². The molecule has 0 saturated heterocycles. The van der Waals surface area contributed by atoms with Crippen molar-refractivity contribution in [3.05, 3.63) is 35.9 Å². The van der Waals surface area contributed by atoms with Crippen molar-refractivity contribution in [2.24, 2.45) is 0 Å². The minimum Gasteiger partial charge on any atom is -0.478 e. The number of carboxylic acid groups (broad SMARTS) is 1. The smallest absolute Gasteiger partial charge is 0.409 e. The normalized spacial score (nSPS) is 11.6. The SMILES string of the molecule is CCO[C@H](NC(=O)OCc1ccccc1)C(=O)O. The molecule has 6 nitrogen and oxygen atoms in total. The lowest BCUT2D eigenvalue weighted by molar-refractivity contribution is -0.151. The molecule has 6 heteroatoms. The molecule has 98 valence electrons. The largest absolute Gasteiger partial charge is 0.478 e. The molecule has 1 amide bonds. The predicted molar refractivity (Wildman–Crippen MR) is 62.8 cm³/mol. The highest BCUT2D eigenvalue weighted by atomic mass is 16.6. The molecule has 18 heavy (non-hydrogen) atoms. The Morgan fingerprint density at radius 3 is 2.56 bits per heavy atom. The minimum absolute atomic E-state index is 0.0745. The molecule has 0 unspecified atom stereocenters. The maximum atomic E-state index is 11.3. The third kappa shape index (κ3) is 4.84. The fraction of sp³-hybridized carbons (Fsp3) is 0.333. The molecule has 0 aromatic heterocycles. The zero-order valence-electron chi connectivity index (χ0n) is 9.96. The summed E-state index contributed by atoms with van der Waals surface area (Å²) in [6, 6.07) is 9.07. The Kier molecular flexibility index (Phi) is 5.66. The second-order valence-electron chi connectivity index (χ2n) is 3.38. The first-order chi connectivity index (χ1) is 8.63. The predicted octanol–water partition coefficient (Wildman–Crippen LogP) is 1.36. The van der Waals surface area contributed by atoms with Crippen molar-refractivity contribution in [3.63, 3.8) is 0 Å². The first kappa shape index (κ1) is 14.0. The molecule has 2 N–H and O–H groups in total. The van der Waals surface area contributed by atoms with Crippen LogP contribution < -0.4 is 5.32 Å². The van der Waals surface area contributed by atoms with E-state index in [9.17, 15) is 9.59 Å². The Morgan fingerprint density at radius 1 is 1.33 bits per heavy atom. The van der Waals surface area contributed by atoms with Crippen LogP contribution in [0.1, 0.15) is 12.5 Å². The Hall–Kier alpha value is -2.08. The van der Waals surface area contributed by atoms with Gasteiger partial charge in [-0.15, -0.1) is 0 Å². The second-order valence-corrected chi connectivity index (χ2v) is 3.38. The average Bonchev–Trinajstić information content (AvgIpc) is 2.37. The summed E-state index contributed by atoms with van der Waals surface area (Å²) in [5.74, 6) is -1.27. The molecular weight excluding hydrogens is 238 g/mol. The molecule has 1 rings (SSSR count). The van der Waals surface area contributed by atoms with Gasteiger partial charge in [0.05, 0.1) is 0 Å². The van der Waals surface area contributed by atoms with Gasteiger partial charge >= 0.3 is 12.1 Å². The first-order valence-corrected chi connectivity index (χ1v) is 5.45. The molecule has 0 aliphatic heterocycles. The van der Waals surface area contributed by atoms with E-state index in [1.807, 2.05) is 18.2 Å². The third-order valence-corrected chi connectivity index (χ3v) is 2.02. The third-order valence-electron chi connectivity index (χ3n) is 2.02. The van der Waals surface area contributed by atoms with Gasteiger partial charge in [0.1, 0.15) is 6.61 Å². The lowest BCUT2D eigenvalue weighted by Crippen LogP contribution is -2.43. The maximum Gasteiger partial charge on any atom is 0.409 e. The standard InChI is InChI=1S/C12H15NO5/c1-2-17-10(11(14)15)13-12(16)18-8-9-6-4-3-5-7-9/h3-7,10H,2,8H2,1H3,(H,13,16)(H,14,15)/t10-/m0/s1. The molecule has 0 heterocycles. The van der Waals surface area contributed by atoms with Gasteiger partial charge in [-0.3, -0.25) is 5.32 Å². The molecule has 0 fully saturated rings. The van der Waals surface area contributed by atoms with E-state index in [4.69, 9.17) is 14.6 Å². The summed E-state index contributed by atoms with van der Waals surface area (Å²) in [7, 11) is 0. The number of hydrogen-bond donors (Lipinski definition) is 2. The van der Waals surface area contributed by atoms with Gasteiger partial charge in [-0.05, 0) is 12.5 Å². The van der Waals surface area contributed by atoms with E-state index in [1.165, 1.54) is 0 Å². The number of carbonyl (C=O) groups is 2. The highest BCUT2D eigenvalue weighted by Gasteiger charge is 2.20. The van der Waals surface area contributed by atoms with Crippen molar-refractivity contribution >= 4 is 12.1 Å². The quantitative estimate of drug-likeness (QED) is 0.748. The molecular formula is C12H15NO5. The van der Waals surface area contributed by atoms with Gasteiger partial charge in [0.25, 0.3) is 0 Å². The van der Waals surface area contributed by atoms with Crippen molar-refractivity contribution in [2.75, 3.05) is 6.61 Å². The highest BCUT2D eigenvalue weighted by Crippen LogP contribution is 2.01. The van der Waals surface area contributed by atoms with E-state index >= 15 is 0 Å². The topological polar surface area (TPSA) is 84.9 Å². The molecule has 1 atom stereocenters. The number of carbonyl (C=O) groups excluding carboxylic acids is 1. The van der Waals surface area contributed by atoms with E-state index in [2.05, 4.69) is 5.32 Å². The van der Waals surface area contributed by atoms with Crippen LogP contribution >= 0.6 is 0 Å². The highest BCUT2D eigenvalue weighted by molar-refractivity contribution is 5.78. The van der Waals surface area contributed by atoms with Crippen molar-refractivity contribution in [2.45, 2.75) is 19.8 Å². The summed E-state index contributed by atoms with van der Waals surface area (Å²) in [5, 5.41) is 10.8. The Labute approximate surface area is 105 Å². The molecule has 0 bridgehead atoms. The van der Waals surface area contributed by atoms with Gasteiger partial charge in [-0.25, -0.2) is 9.59 Å². The number of alkyl carbamates (subject to hydrolysis) is 1. The van der Waals surface area contributed by atoms with Gasteiger partial charge in [0, 0.05) is 6.61 Å². The molecule has 0 spiro atoms. The van der Waals surface area contributed by atoms with Crippen LogP contribution in [0.2, 0.25) is 0 Å². The van der Waals surface area contributed by atoms with Crippen LogP contribution in [-0.2, 0) is 20.9 Å². The van der Waals surface area contributed by atoms with Crippen LogP contribution in [0.25, 0.3) is 0 Å². The molecule has 1 aromatic carbocycles. The van der Waals surface area contributed by atoms with Crippen LogP contribution in [0.5, 0.6) is 0 Å². The first-order valence-electron chi connectivity index (χ1n) is 5.45. The zero-order valence-corrected chi connectivity index (χ0v) is 9.96. The summed E-state index contributed by atoms with van der Waals surface area (Å²) in [4.78, 5) is 22.0. The van der Waals surface area contributed by atoms with E-state index in [1.54, 1.807) is 19.1 Å². The van der Waals surface area contributed by atoms with E-state index < -0.39 is 18.3 Å². The monoisotopic (exact) mass is 253 g/mol. The lowest BCUT2D eigenvalue weighted by Gasteiger charge is -2.14. The number of hydrogen-bond acceptors (Lipinski definition) is 4. The molecule has 0 radical (unpaired) electrons. The zero-order chi connectivity index (χ0) is 13.4. The van der Waals surface area contributed by atoms with Gasteiger partial charge in [0.15, 0.2) is 0 Å². The average molecular weight is 253 g/mol. The number of benzene rings is 1. The molecule has 0 saturated carbocycles. The summed E-state index contributed by atoms with van der Waals surface area (Å²) in [6.07, 6.45) is -2.22. The van der Waals surface area contributed by atoms with Crippen molar-refractivity contribution in [1.29, 1.82) is 0 Å². The molecule has 0 aliphatic carbocycles. The fourth-order valence-electron chi connectivity index (χ4n) is 1.21. The van der Waals surface area contributed by atoms with Gasteiger partial charge in [-0.2, -0.15) is 0 Å². The number of aliphatic carboxylic acids is 1. The molecule has 0 aliphatic rings. The Bertz CT molecular complexity index is 393. The van der Waals surface area contributed by atoms with Crippen molar-refractivity contribution < 1.29 is 24.2 Å². The minimum atomic E-state index is -1.39. The number of carboxylic acids is 1. The van der Waals surface area contributed by atoms with E-state index in [0.29, 0.717) is 0 Å². The summed E-state index contributed by atoms with van der Waals surface area (Å²) in [6.45, 7) is 1.88. The Balaban J connectivity index is 2.39. The fourth-order valence-corrected chi connectivity index (χ4v) is 1.21. The van der Waals surface area contributed by atoms with Gasteiger partial charge < -0.3 is 14.6 Å². The number of nitrogens with one attached hydrogen (secondary N) is 1.